The molecule has 0 aliphatic rings. The highest BCUT2D eigenvalue weighted by atomic mass is 15.3. The summed E-state index contributed by atoms with van der Waals surface area (Å²) in [5.41, 5.74) is 10.0. The number of nitrogen functional groups attached to an aromatic ring is 1. The van der Waals surface area contributed by atoms with Crippen LogP contribution >= 0.6 is 0 Å². The molecule has 0 spiro atoms. The Hall–Kier alpha value is -2.37. The van der Waals surface area contributed by atoms with E-state index in [0.717, 1.165) is 28.0 Å². The normalized spacial score (nSPS) is 11.2. The van der Waals surface area contributed by atoms with E-state index in [1.807, 2.05) is 20.0 Å². The summed E-state index contributed by atoms with van der Waals surface area (Å²) >= 11 is 0. The third kappa shape index (κ3) is 1.37. The summed E-state index contributed by atoms with van der Waals surface area (Å²) in [7, 11) is 1.87. The van der Waals surface area contributed by atoms with Crippen molar-refractivity contribution in [2.24, 2.45) is 7.05 Å². The molecule has 0 atom stereocenters. The maximum absolute atomic E-state index is 5.77. The van der Waals surface area contributed by atoms with Gasteiger partial charge >= 0.3 is 0 Å². The summed E-state index contributed by atoms with van der Waals surface area (Å²) in [5, 5.41) is 12.3. The number of aromatic amines is 1. The Labute approximate surface area is 97.5 Å². The Kier molecular flexibility index (Phi) is 1.91. The van der Waals surface area contributed by atoms with Crippen molar-refractivity contribution < 1.29 is 0 Å². The second kappa shape index (κ2) is 3.31. The molecule has 0 fully saturated rings. The van der Waals surface area contributed by atoms with E-state index in [1.165, 1.54) is 0 Å². The standard InChI is InChI=1S/C11H12N6/c1-6-9(5-14-15-6)10-8-3-7(12)4-13-11(8)17(2)16-10/h3-5H,12H2,1-2H3,(H,14,15). The molecule has 0 saturated heterocycles. The number of nitrogens with one attached hydrogen (secondary N) is 1. The molecule has 17 heavy (non-hydrogen) atoms. The van der Waals surface area contributed by atoms with Gasteiger partial charge in [-0.25, -0.2) is 9.67 Å². The molecule has 0 saturated carbocycles. The maximum Gasteiger partial charge on any atom is 0.158 e. The van der Waals surface area contributed by atoms with E-state index in [4.69, 9.17) is 5.73 Å². The SMILES string of the molecule is Cc1[nH]ncc1-c1nn(C)c2ncc(N)cc12. The van der Waals surface area contributed by atoms with Crippen LogP contribution in [0.5, 0.6) is 0 Å². The molecule has 3 heterocycles. The number of H-pyrrole nitrogens is 1. The predicted molar refractivity (Wildman–Crippen MR) is 65.2 cm³/mol. The first-order chi connectivity index (χ1) is 8.16. The number of anilines is 1. The lowest BCUT2D eigenvalue weighted by atomic mass is 10.1. The van der Waals surface area contributed by atoms with Crippen molar-refractivity contribution in [3.05, 3.63) is 24.2 Å². The van der Waals surface area contributed by atoms with Crippen LogP contribution in [0.25, 0.3) is 22.3 Å². The Morgan fingerprint density at radius 2 is 2.18 bits per heavy atom. The Morgan fingerprint density at radius 1 is 1.35 bits per heavy atom. The van der Waals surface area contributed by atoms with Gasteiger partial charge in [-0.2, -0.15) is 10.2 Å². The maximum atomic E-state index is 5.77. The molecule has 0 aliphatic heterocycles. The highest BCUT2D eigenvalue weighted by Gasteiger charge is 2.14. The molecule has 0 bridgehead atoms. The molecule has 6 heteroatoms. The van der Waals surface area contributed by atoms with Gasteiger partial charge in [0.2, 0.25) is 0 Å². The zero-order valence-electron chi connectivity index (χ0n) is 9.60. The van der Waals surface area contributed by atoms with E-state index in [-0.39, 0.29) is 0 Å². The summed E-state index contributed by atoms with van der Waals surface area (Å²) < 4.78 is 1.75. The number of rotatable bonds is 1. The van der Waals surface area contributed by atoms with E-state index < -0.39 is 0 Å². The van der Waals surface area contributed by atoms with Crippen LogP contribution in [0.2, 0.25) is 0 Å². The molecule has 0 unspecified atom stereocenters. The first-order valence-corrected chi connectivity index (χ1v) is 5.25. The van der Waals surface area contributed by atoms with Gasteiger partial charge in [0.25, 0.3) is 0 Å². The zero-order valence-corrected chi connectivity index (χ0v) is 9.60. The number of hydrogen-bond donors (Lipinski definition) is 2. The molecule has 3 aromatic rings. The highest BCUT2D eigenvalue weighted by Crippen LogP contribution is 2.28. The van der Waals surface area contributed by atoms with E-state index in [1.54, 1.807) is 17.1 Å². The van der Waals surface area contributed by atoms with Crippen molar-refractivity contribution in [3.8, 4) is 11.3 Å². The van der Waals surface area contributed by atoms with Gasteiger partial charge in [0.1, 0.15) is 5.69 Å². The van der Waals surface area contributed by atoms with Crippen LogP contribution < -0.4 is 5.73 Å². The molecule has 0 radical (unpaired) electrons. The van der Waals surface area contributed by atoms with Gasteiger partial charge in [-0.05, 0) is 13.0 Å². The third-order valence-electron chi connectivity index (χ3n) is 2.78. The van der Waals surface area contributed by atoms with Crippen LogP contribution in [-0.4, -0.2) is 25.0 Å². The molecule has 3 aromatic heterocycles. The summed E-state index contributed by atoms with van der Waals surface area (Å²) in [5.74, 6) is 0. The average Bonchev–Trinajstić information content (AvgIpc) is 2.83. The van der Waals surface area contributed by atoms with Gasteiger partial charge < -0.3 is 5.73 Å². The number of pyridine rings is 1. The van der Waals surface area contributed by atoms with Gasteiger partial charge in [-0.15, -0.1) is 0 Å². The number of nitrogens with zero attached hydrogens (tertiary/aromatic N) is 4. The van der Waals surface area contributed by atoms with Crippen molar-refractivity contribution in [2.75, 3.05) is 5.73 Å². The van der Waals surface area contributed by atoms with Gasteiger partial charge in [0, 0.05) is 23.7 Å². The molecule has 0 aliphatic carbocycles. The highest BCUT2D eigenvalue weighted by molar-refractivity contribution is 5.93. The van der Waals surface area contributed by atoms with Gasteiger partial charge in [0.05, 0.1) is 18.1 Å². The third-order valence-corrected chi connectivity index (χ3v) is 2.78. The van der Waals surface area contributed by atoms with Crippen LogP contribution in [0.15, 0.2) is 18.5 Å². The van der Waals surface area contributed by atoms with E-state index in [2.05, 4.69) is 20.3 Å². The lowest BCUT2D eigenvalue weighted by molar-refractivity contribution is 0.789. The van der Waals surface area contributed by atoms with Crippen molar-refractivity contribution in [1.29, 1.82) is 0 Å². The predicted octanol–water partition coefficient (Wildman–Crippen LogP) is 1.25. The van der Waals surface area contributed by atoms with Crippen LogP contribution in [-0.2, 0) is 7.05 Å². The molecular formula is C11H12N6. The lowest BCUT2D eigenvalue weighted by Crippen LogP contribution is -1.92. The Balaban J connectivity index is 2.37. The van der Waals surface area contributed by atoms with Crippen LogP contribution in [0.4, 0.5) is 5.69 Å². The monoisotopic (exact) mass is 228 g/mol. The lowest BCUT2D eigenvalue weighted by Gasteiger charge is -1.96. The number of hydrogen-bond acceptors (Lipinski definition) is 4. The molecule has 6 nitrogen and oxygen atoms in total. The molecule has 3 rings (SSSR count). The minimum absolute atomic E-state index is 0.632. The van der Waals surface area contributed by atoms with Crippen molar-refractivity contribution in [3.63, 3.8) is 0 Å². The summed E-state index contributed by atoms with van der Waals surface area (Å²) in [4.78, 5) is 4.29. The fraction of sp³-hybridized carbons (Fsp3) is 0.182. The molecular weight excluding hydrogens is 216 g/mol. The van der Waals surface area contributed by atoms with E-state index in [9.17, 15) is 0 Å². The van der Waals surface area contributed by atoms with Crippen LogP contribution in [0, 0.1) is 6.92 Å². The van der Waals surface area contributed by atoms with E-state index >= 15 is 0 Å². The Morgan fingerprint density at radius 3 is 2.88 bits per heavy atom. The minimum Gasteiger partial charge on any atom is -0.397 e. The van der Waals surface area contributed by atoms with Gasteiger partial charge in [-0.3, -0.25) is 5.10 Å². The number of aryl methyl sites for hydroxylation is 2. The smallest absolute Gasteiger partial charge is 0.158 e. The number of nitrogens with two attached hydrogens (primary N) is 1. The fourth-order valence-corrected chi connectivity index (χ4v) is 1.95. The fourth-order valence-electron chi connectivity index (χ4n) is 1.95. The van der Waals surface area contributed by atoms with Crippen LogP contribution in [0.3, 0.4) is 0 Å². The largest absolute Gasteiger partial charge is 0.397 e. The van der Waals surface area contributed by atoms with Crippen molar-refractivity contribution in [1.82, 2.24) is 25.0 Å². The van der Waals surface area contributed by atoms with Crippen molar-refractivity contribution >= 4 is 16.7 Å². The van der Waals surface area contributed by atoms with Crippen molar-refractivity contribution in [2.45, 2.75) is 6.92 Å². The minimum atomic E-state index is 0.632. The van der Waals surface area contributed by atoms with Gasteiger partial charge in [-0.1, -0.05) is 0 Å². The molecule has 0 aromatic carbocycles. The molecule has 0 amide bonds. The average molecular weight is 228 g/mol. The summed E-state index contributed by atoms with van der Waals surface area (Å²) in [6.45, 7) is 1.96. The molecule has 86 valence electrons. The van der Waals surface area contributed by atoms with Gasteiger partial charge in [0.15, 0.2) is 5.65 Å². The number of aromatic nitrogens is 5. The topological polar surface area (TPSA) is 85.4 Å². The van der Waals surface area contributed by atoms with E-state index in [0.29, 0.717) is 5.69 Å². The Bertz CT molecular complexity index is 693. The second-order valence-electron chi connectivity index (χ2n) is 4.02. The second-order valence-corrected chi connectivity index (χ2v) is 4.02. The summed E-state index contributed by atoms with van der Waals surface area (Å²) in [6, 6.07) is 1.89. The quantitative estimate of drug-likeness (QED) is 0.656. The van der Waals surface area contributed by atoms with Crippen LogP contribution in [0.1, 0.15) is 5.69 Å². The summed E-state index contributed by atoms with van der Waals surface area (Å²) in [6.07, 6.45) is 3.40. The number of fused-ring (bicyclic) bond motifs is 1. The zero-order chi connectivity index (χ0) is 12.0. The molecule has 3 N–H and O–H groups in total. The first kappa shape index (κ1) is 9.83. The first-order valence-electron chi connectivity index (χ1n) is 5.25.